The number of carbonyl (C=O) groups excluding carboxylic acids is 2. The molecule has 4 aromatic rings. The maximum Gasteiger partial charge on any atom is 0.244 e. The molecule has 0 saturated carbocycles. The van der Waals surface area contributed by atoms with Crippen LogP contribution in [0.25, 0.3) is 10.9 Å². The third kappa shape index (κ3) is 4.50. The van der Waals surface area contributed by atoms with Crippen LogP contribution in [0.1, 0.15) is 15.9 Å². The van der Waals surface area contributed by atoms with Crippen LogP contribution < -0.4 is 10.7 Å². The summed E-state index contributed by atoms with van der Waals surface area (Å²) < 4.78 is 1.56. The van der Waals surface area contributed by atoms with Crippen molar-refractivity contribution in [2.45, 2.75) is 6.54 Å². The molecule has 2 heterocycles. The summed E-state index contributed by atoms with van der Waals surface area (Å²) in [7, 11) is 0. The van der Waals surface area contributed by atoms with Gasteiger partial charge in [0.2, 0.25) is 11.3 Å². The highest BCUT2D eigenvalue weighted by Crippen LogP contribution is 2.19. The molecule has 31 heavy (non-hydrogen) atoms. The predicted octanol–water partition coefficient (Wildman–Crippen LogP) is 4.57. The van der Waals surface area contributed by atoms with E-state index < -0.39 is 11.2 Å². The monoisotopic (exact) mass is 451 g/mol. The minimum atomic E-state index is -0.457. The molecular formula is C23H15Cl2N3O3. The number of hydrogen-bond donors (Lipinski definition) is 1. The van der Waals surface area contributed by atoms with E-state index in [-0.39, 0.29) is 23.4 Å². The normalized spacial score (nSPS) is 10.8. The lowest BCUT2D eigenvalue weighted by atomic mass is 10.0. The van der Waals surface area contributed by atoms with Crippen LogP contribution in [0, 0.1) is 0 Å². The van der Waals surface area contributed by atoms with E-state index in [1.807, 2.05) is 0 Å². The molecule has 0 saturated heterocycles. The molecule has 0 fully saturated rings. The highest BCUT2D eigenvalue weighted by Gasteiger charge is 2.18. The van der Waals surface area contributed by atoms with Crippen LogP contribution >= 0.6 is 23.2 Å². The Balaban J connectivity index is 1.76. The lowest BCUT2D eigenvalue weighted by molar-refractivity contribution is -0.116. The molecule has 0 atom stereocenters. The van der Waals surface area contributed by atoms with E-state index >= 15 is 0 Å². The molecule has 1 N–H and O–H groups in total. The Morgan fingerprint density at radius 1 is 0.935 bits per heavy atom. The van der Waals surface area contributed by atoms with E-state index in [0.29, 0.717) is 26.8 Å². The second kappa shape index (κ2) is 8.71. The number of aromatic nitrogens is 2. The smallest absolute Gasteiger partial charge is 0.244 e. The molecule has 0 aliphatic rings. The highest BCUT2D eigenvalue weighted by atomic mass is 35.5. The maximum absolute atomic E-state index is 13.0. The number of hydrogen-bond acceptors (Lipinski definition) is 4. The summed E-state index contributed by atoms with van der Waals surface area (Å²) in [4.78, 5) is 42.5. The van der Waals surface area contributed by atoms with Crippen molar-refractivity contribution in [3.05, 3.63) is 105 Å². The van der Waals surface area contributed by atoms with Crippen molar-refractivity contribution in [1.29, 1.82) is 0 Å². The summed E-state index contributed by atoms with van der Waals surface area (Å²) in [5, 5.41) is 3.94. The fourth-order valence-corrected chi connectivity index (χ4v) is 3.51. The second-order valence-corrected chi connectivity index (χ2v) is 7.65. The number of carbonyl (C=O) groups is 2. The van der Waals surface area contributed by atoms with Crippen LogP contribution in [0.2, 0.25) is 10.0 Å². The average Bonchev–Trinajstić information content (AvgIpc) is 2.77. The molecule has 0 spiro atoms. The first kappa shape index (κ1) is 20.8. The van der Waals surface area contributed by atoms with Gasteiger partial charge in [-0.1, -0.05) is 23.2 Å². The van der Waals surface area contributed by atoms with Crippen LogP contribution in [0.4, 0.5) is 5.69 Å². The molecule has 0 bridgehead atoms. The molecule has 4 rings (SSSR count). The largest absolute Gasteiger partial charge is 0.337 e. The zero-order valence-electron chi connectivity index (χ0n) is 16.0. The average molecular weight is 452 g/mol. The number of rotatable bonds is 5. The predicted molar refractivity (Wildman–Crippen MR) is 121 cm³/mol. The van der Waals surface area contributed by atoms with Gasteiger partial charge in [0.05, 0.1) is 11.1 Å². The van der Waals surface area contributed by atoms with Crippen molar-refractivity contribution >= 4 is 51.5 Å². The Bertz CT molecular complexity index is 1350. The first-order valence-electron chi connectivity index (χ1n) is 9.25. The summed E-state index contributed by atoms with van der Waals surface area (Å²) in [5.74, 6) is -0.786. The standard InChI is InChI=1S/C23H15Cl2N3O3/c24-15-1-4-17(5-2-15)27-21(29)13-28-12-19(22(30)14-7-9-26-10-8-14)23(31)18-11-16(25)3-6-20(18)28/h1-12H,13H2,(H,27,29). The molecule has 0 unspecified atom stereocenters. The quantitative estimate of drug-likeness (QED) is 0.450. The number of pyridine rings is 2. The number of halogens is 2. The first-order valence-corrected chi connectivity index (χ1v) is 10.0. The third-order valence-corrected chi connectivity index (χ3v) is 5.16. The molecule has 1 amide bonds. The van der Waals surface area contributed by atoms with Gasteiger partial charge in [0, 0.05) is 45.3 Å². The fraction of sp³-hybridized carbons (Fsp3) is 0.0435. The van der Waals surface area contributed by atoms with Crippen LogP contribution in [0.5, 0.6) is 0 Å². The van der Waals surface area contributed by atoms with Crippen LogP contribution in [-0.4, -0.2) is 21.2 Å². The van der Waals surface area contributed by atoms with Crippen LogP contribution in [0.3, 0.4) is 0 Å². The van der Waals surface area contributed by atoms with Gasteiger partial charge < -0.3 is 9.88 Å². The van der Waals surface area contributed by atoms with Crippen LogP contribution in [-0.2, 0) is 11.3 Å². The number of anilines is 1. The zero-order chi connectivity index (χ0) is 22.0. The summed E-state index contributed by atoms with van der Waals surface area (Å²) in [5.41, 5.74) is 0.891. The van der Waals surface area contributed by atoms with Gasteiger partial charge in [0.25, 0.3) is 0 Å². The third-order valence-electron chi connectivity index (χ3n) is 4.67. The Kier molecular flexibility index (Phi) is 5.84. The summed E-state index contributed by atoms with van der Waals surface area (Å²) >= 11 is 12.0. The Labute approximate surface area is 187 Å². The van der Waals surface area contributed by atoms with E-state index in [4.69, 9.17) is 23.2 Å². The van der Waals surface area contributed by atoms with Gasteiger partial charge in [-0.15, -0.1) is 0 Å². The summed E-state index contributed by atoms with van der Waals surface area (Å²) in [6.45, 7) is -0.113. The Morgan fingerprint density at radius 3 is 2.32 bits per heavy atom. The summed E-state index contributed by atoms with van der Waals surface area (Å²) in [6.07, 6.45) is 4.36. The fourth-order valence-electron chi connectivity index (χ4n) is 3.21. The zero-order valence-corrected chi connectivity index (χ0v) is 17.5. The number of nitrogens with zero attached hydrogens (tertiary/aromatic N) is 2. The van der Waals surface area contributed by atoms with Gasteiger partial charge in [-0.05, 0) is 54.6 Å². The number of ketones is 1. The van der Waals surface area contributed by atoms with Gasteiger partial charge in [-0.2, -0.15) is 0 Å². The van der Waals surface area contributed by atoms with Gasteiger partial charge >= 0.3 is 0 Å². The Morgan fingerprint density at radius 2 is 1.61 bits per heavy atom. The van der Waals surface area contributed by atoms with Crippen molar-refractivity contribution in [2.75, 3.05) is 5.32 Å². The van der Waals surface area contributed by atoms with Gasteiger partial charge in [0.15, 0.2) is 5.78 Å². The number of amides is 1. The highest BCUT2D eigenvalue weighted by molar-refractivity contribution is 6.31. The topological polar surface area (TPSA) is 81.1 Å². The van der Waals surface area contributed by atoms with E-state index in [2.05, 4.69) is 10.3 Å². The van der Waals surface area contributed by atoms with E-state index in [1.54, 1.807) is 41.0 Å². The van der Waals surface area contributed by atoms with Gasteiger partial charge in [0.1, 0.15) is 6.54 Å². The second-order valence-electron chi connectivity index (χ2n) is 6.78. The maximum atomic E-state index is 13.0. The van der Waals surface area contributed by atoms with Crippen LogP contribution in [0.15, 0.2) is 78.0 Å². The number of nitrogens with one attached hydrogen (secondary N) is 1. The van der Waals surface area contributed by atoms with Crippen molar-refractivity contribution in [3.63, 3.8) is 0 Å². The Hall–Kier alpha value is -3.48. The minimum Gasteiger partial charge on any atom is -0.337 e. The lowest BCUT2D eigenvalue weighted by Crippen LogP contribution is -2.24. The molecule has 0 aliphatic carbocycles. The first-order chi connectivity index (χ1) is 14.9. The minimum absolute atomic E-state index is 0.0553. The molecule has 154 valence electrons. The molecule has 2 aromatic carbocycles. The van der Waals surface area contributed by atoms with Crippen molar-refractivity contribution in [1.82, 2.24) is 9.55 Å². The molecule has 8 heteroatoms. The molecule has 6 nitrogen and oxygen atoms in total. The number of benzene rings is 2. The van der Waals surface area contributed by atoms with Crippen molar-refractivity contribution in [3.8, 4) is 0 Å². The summed E-state index contributed by atoms with van der Waals surface area (Å²) in [6, 6.07) is 14.5. The van der Waals surface area contributed by atoms with Gasteiger partial charge in [-0.3, -0.25) is 19.4 Å². The van der Waals surface area contributed by atoms with Crippen molar-refractivity contribution < 1.29 is 9.59 Å². The van der Waals surface area contributed by atoms with Crippen molar-refractivity contribution in [2.24, 2.45) is 0 Å². The molecular weight excluding hydrogens is 437 g/mol. The molecule has 0 aliphatic heterocycles. The SMILES string of the molecule is O=C(Cn1cc(C(=O)c2ccncc2)c(=O)c2cc(Cl)ccc21)Nc1ccc(Cl)cc1. The van der Waals surface area contributed by atoms with E-state index in [0.717, 1.165) is 0 Å². The number of fused-ring (bicyclic) bond motifs is 1. The molecule has 2 aromatic heterocycles. The van der Waals surface area contributed by atoms with Gasteiger partial charge in [-0.25, -0.2) is 0 Å². The molecule has 0 radical (unpaired) electrons. The lowest BCUT2D eigenvalue weighted by Gasteiger charge is -2.14. The van der Waals surface area contributed by atoms with E-state index in [9.17, 15) is 14.4 Å². The van der Waals surface area contributed by atoms with E-state index in [1.165, 1.54) is 36.8 Å².